The molecule has 0 spiro atoms. The first-order valence-electron chi connectivity index (χ1n) is 8.92. The zero-order valence-corrected chi connectivity index (χ0v) is 15.6. The number of anilines is 2. The molecule has 0 aromatic heterocycles. The van der Waals surface area contributed by atoms with E-state index in [9.17, 15) is 9.59 Å². The first-order chi connectivity index (χ1) is 12.4. The highest BCUT2D eigenvalue weighted by molar-refractivity contribution is 5.91. The lowest BCUT2D eigenvalue weighted by molar-refractivity contribution is -0.120. The van der Waals surface area contributed by atoms with Gasteiger partial charge in [0.05, 0.1) is 12.6 Å². The van der Waals surface area contributed by atoms with Gasteiger partial charge in [-0.2, -0.15) is 0 Å². The first-order valence-corrected chi connectivity index (χ1v) is 8.92. The molecule has 1 unspecified atom stereocenters. The Morgan fingerprint density at radius 2 is 1.46 bits per heavy atom. The van der Waals surface area contributed by atoms with Crippen LogP contribution in [0.2, 0.25) is 0 Å². The predicted octanol–water partition coefficient (Wildman–Crippen LogP) is 3.96. The zero-order chi connectivity index (χ0) is 18.9. The quantitative estimate of drug-likeness (QED) is 0.673. The van der Waals surface area contributed by atoms with Crippen molar-refractivity contribution in [3.8, 4) is 0 Å². The molecule has 5 heteroatoms. The fraction of sp³-hybridized carbons (Fsp3) is 0.333. The maximum absolute atomic E-state index is 12.1. The Kier molecular flexibility index (Phi) is 7.21. The highest BCUT2D eigenvalue weighted by Crippen LogP contribution is 2.15. The molecule has 0 aliphatic carbocycles. The molecule has 2 aromatic carbocycles. The molecule has 138 valence electrons. The molecule has 0 aliphatic rings. The molecule has 1 atom stereocenters. The Labute approximate surface area is 155 Å². The summed E-state index contributed by atoms with van der Waals surface area (Å²) < 4.78 is 0. The van der Waals surface area contributed by atoms with Crippen molar-refractivity contribution in [2.24, 2.45) is 5.92 Å². The van der Waals surface area contributed by atoms with Crippen molar-refractivity contribution in [2.45, 2.75) is 33.2 Å². The molecule has 0 saturated carbocycles. The molecule has 0 saturated heterocycles. The summed E-state index contributed by atoms with van der Waals surface area (Å²) in [6.45, 7) is 6.17. The summed E-state index contributed by atoms with van der Waals surface area (Å²) in [5.74, 6) is 0.262. The molecule has 5 nitrogen and oxygen atoms in total. The average Bonchev–Trinajstić information content (AvgIpc) is 2.61. The van der Waals surface area contributed by atoms with Crippen LogP contribution >= 0.6 is 0 Å². The van der Waals surface area contributed by atoms with Crippen LogP contribution in [0.4, 0.5) is 11.4 Å². The summed E-state index contributed by atoms with van der Waals surface area (Å²) in [6.07, 6.45) is 0.500. The monoisotopic (exact) mass is 353 g/mol. The van der Waals surface area contributed by atoms with Crippen molar-refractivity contribution in [1.82, 2.24) is 5.32 Å². The van der Waals surface area contributed by atoms with Gasteiger partial charge in [-0.05, 0) is 42.7 Å². The summed E-state index contributed by atoms with van der Waals surface area (Å²) in [7, 11) is 0. The Morgan fingerprint density at radius 3 is 2.08 bits per heavy atom. The van der Waals surface area contributed by atoms with Gasteiger partial charge in [-0.25, -0.2) is 0 Å². The largest absolute Gasteiger partial charge is 0.376 e. The standard InChI is InChI=1S/C21H27N3O2/c1-15(2)13-20(25)24-19-11-9-18(10-12-19)22-14-21(26)23-16(3)17-7-5-4-6-8-17/h4-12,15-16,22H,13-14H2,1-3H3,(H,23,26)(H,24,25). The maximum atomic E-state index is 12.1. The van der Waals surface area contributed by atoms with E-state index in [2.05, 4.69) is 16.0 Å². The van der Waals surface area contributed by atoms with Crippen LogP contribution in [0, 0.1) is 5.92 Å². The second-order valence-corrected chi connectivity index (χ2v) is 6.78. The van der Waals surface area contributed by atoms with Crippen molar-refractivity contribution in [2.75, 3.05) is 17.2 Å². The van der Waals surface area contributed by atoms with Crippen LogP contribution in [0.1, 0.15) is 38.8 Å². The first kappa shape index (κ1) is 19.5. The minimum Gasteiger partial charge on any atom is -0.376 e. The summed E-state index contributed by atoms with van der Waals surface area (Å²) in [5, 5.41) is 8.92. The third kappa shape index (κ3) is 6.59. The Balaban J connectivity index is 1.78. The molecular formula is C21H27N3O2. The van der Waals surface area contributed by atoms with Gasteiger partial charge in [0.25, 0.3) is 0 Å². The van der Waals surface area contributed by atoms with Crippen LogP contribution in [0.3, 0.4) is 0 Å². The lowest BCUT2D eigenvalue weighted by Crippen LogP contribution is -2.32. The van der Waals surface area contributed by atoms with Crippen molar-refractivity contribution in [3.63, 3.8) is 0 Å². The molecular weight excluding hydrogens is 326 g/mol. The van der Waals surface area contributed by atoms with Gasteiger partial charge in [0.15, 0.2) is 0 Å². The number of nitrogens with one attached hydrogen (secondary N) is 3. The lowest BCUT2D eigenvalue weighted by Gasteiger charge is -2.15. The maximum Gasteiger partial charge on any atom is 0.239 e. The normalized spacial score (nSPS) is 11.7. The number of carbonyl (C=O) groups is 2. The van der Waals surface area contributed by atoms with Crippen molar-refractivity contribution >= 4 is 23.2 Å². The molecule has 26 heavy (non-hydrogen) atoms. The van der Waals surface area contributed by atoms with Gasteiger partial charge in [0, 0.05) is 17.8 Å². The molecule has 0 aliphatic heterocycles. The van der Waals surface area contributed by atoms with Gasteiger partial charge in [-0.3, -0.25) is 9.59 Å². The van der Waals surface area contributed by atoms with Crippen molar-refractivity contribution in [3.05, 3.63) is 60.2 Å². The molecule has 2 amide bonds. The van der Waals surface area contributed by atoms with Gasteiger partial charge in [-0.15, -0.1) is 0 Å². The van der Waals surface area contributed by atoms with E-state index < -0.39 is 0 Å². The number of benzene rings is 2. The number of hydrogen-bond acceptors (Lipinski definition) is 3. The van der Waals surface area contributed by atoms with E-state index in [1.54, 1.807) is 0 Å². The van der Waals surface area contributed by atoms with Crippen LogP contribution < -0.4 is 16.0 Å². The van der Waals surface area contributed by atoms with Gasteiger partial charge >= 0.3 is 0 Å². The third-order valence-corrected chi connectivity index (χ3v) is 3.89. The van der Waals surface area contributed by atoms with Crippen LogP contribution in [0.25, 0.3) is 0 Å². The molecule has 0 fully saturated rings. The van der Waals surface area contributed by atoms with E-state index >= 15 is 0 Å². The Hall–Kier alpha value is -2.82. The van der Waals surface area contributed by atoms with Crippen LogP contribution in [0.15, 0.2) is 54.6 Å². The molecule has 0 bridgehead atoms. The number of amides is 2. The summed E-state index contributed by atoms with van der Waals surface area (Å²) in [6, 6.07) is 17.1. The van der Waals surface area contributed by atoms with Crippen LogP contribution in [-0.4, -0.2) is 18.4 Å². The number of rotatable bonds is 8. The SMILES string of the molecule is CC(C)CC(=O)Nc1ccc(NCC(=O)NC(C)c2ccccc2)cc1. The van der Waals surface area contributed by atoms with Gasteiger partial charge in [0.1, 0.15) is 0 Å². The highest BCUT2D eigenvalue weighted by Gasteiger charge is 2.09. The highest BCUT2D eigenvalue weighted by atomic mass is 16.2. The van der Waals surface area contributed by atoms with E-state index in [-0.39, 0.29) is 24.4 Å². The fourth-order valence-electron chi connectivity index (χ4n) is 2.55. The number of hydrogen-bond donors (Lipinski definition) is 3. The predicted molar refractivity (Wildman–Crippen MR) is 106 cm³/mol. The smallest absolute Gasteiger partial charge is 0.239 e. The molecule has 0 heterocycles. The minimum atomic E-state index is -0.0735. The summed E-state index contributed by atoms with van der Waals surface area (Å²) in [5.41, 5.74) is 2.65. The van der Waals surface area contributed by atoms with Gasteiger partial charge in [0.2, 0.25) is 11.8 Å². The van der Waals surface area contributed by atoms with E-state index in [0.717, 1.165) is 16.9 Å². The van der Waals surface area contributed by atoms with Gasteiger partial charge < -0.3 is 16.0 Å². The fourth-order valence-corrected chi connectivity index (χ4v) is 2.55. The average molecular weight is 353 g/mol. The van der Waals surface area contributed by atoms with E-state index in [4.69, 9.17) is 0 Å². The summed E-state index contributed by atoms with van der Waals surface area (Å²) in [4.78, 5) is 23.8. The molecule has 2 rings (SSSR count). The van der Waals surface area contributed by atoms with E-state index in [1.165, 1.54) is 0 Å². The van der Waals surface area contributed by atoms with Crippen molar-refractivity contribution < 1.29 is 9.59 Å². The summed E-state index contributed by atoms with van der Waals surface area (Å²) >= 11 is 0. The second-order valence-electron chi connectivity index (χ2n) is 6.78. The topological polar surface area (TPSA) is 70.2 Å². The number of carbonyl (C=O) groups excluding carboxylic acids is 2. The molecule has 0 radical (unpaired) electrons. The molecule has 2 aromatic rings. The van der Waals surface area contributed by atoms with Gasteiger partial charge in [-0.1, -0.05) is 44.2 Å². The minimum absolute atomic E-state index is 0.00925. The van der Waals surface area contributed by atoms with Crippen LogP contribution in [0.5, 0.6) is 0 Å². The van der Waals surface area contributed by atoms with E-state index in [1.807, 2.05) is 75.4 Å². The van der Waals surface area contributed by atoms with Crippen LogP contribution in [-0.2, 0) is 9.59 Å². The zero-order valence-electron chi connectivity index (χ0n) is 15.6. The second kappa shape index (κ2) is 9.61. The Bertz CT molecular complexity index is 712. The third-order valence-electron chi connectivity index (χ3n) is 3.89. The molecule has 3 N–H and O–H groups in total. The van der Waals surface area contributed by atoms with Crippen molar-refractivity contribution in [1.29, 1.82) is 0 Å². The van der Waals surface area contributed by atoms with E-state index in [0.29, 0.717) is 12.3 Å². The lowest BCUT2D eigenvalue weighted by atomic mass is 10.1. The Morgan fingerprint density at radius 1 is 0.846 bits per heavy atom.